The first-order valence-corrected chi connectivity index (χ1v) is 7.48. The van der Waals surface area contributed by atoms with Crippen LogP contribution in [0.1, 0.15) is 39.2 Å². The predicted octanol–water partition coefficient (Wildman–Crippen LogP) is 3.58. The zero-order valence-electron chi connectivity index (χ0n) is 14.1. The molecule has 2 amide bonds. The highest BCUT2D eigenvalue weighted by molar-refractivity contribution is 5.91. The van der Waals surface area contributed by atoms with Gasteiger partial charge in [0.25, 0.3) is 0 Å². The number of anilines is 1. The minimum absolute atomic E-state index is 0.0492. The normalized spacial score (nSPS) is 11.0. The smallest absolute Gasteiger partial charge is 0.410 e. The molecule has 5 nitrogen and oxygen atoms in total. The van der Waals surface area contributed by atoms with Gasteiger partial charge in [-0.2, -0.15) is 0 Å². The lowest BCUT2D eigenvalue weighted by molar-refractivity contribution is -0.116. The molecule has 0 aliphatic carbocycles. The molecule has 1 rings (SSSR count). The van der Waals surface area contributed by atoms with Crippen molar-refractivity contribution in [3.05, 3.63) is 29.8 Å². The van der Waals surface area contributed by atoms with Crippen LogP contribution >= 0.6 is 0 Å². The Labute approximate surface area is 132 Å². The van der Waals surface area contributed by atoms with Gasteiger partial charge in [0.05, 0.1) is 0 Å². The van der Waals surface area contributed by atoms with Crippen LogP contribution in [0.2, 0.25) is 0 Å². The van der Waals surface area contributed by atoms with Crippen molar-refractivity contribution >= 4 is 17.7 Å². The zero-order chi connectivity index (χ0) is 16.8. The molecule has 0 saturated carbocycles. The number of para-hydroxylation sites is 1. The number of amides is 2. The molecule has 0 aliphatic rings. The second-order valence-corrected chi connectivity index (χ2v) is 6.37. The summed E-state index contributed by atoms with van der Waals surface area (Å²) >= 11 is 0. The van der Waals surface area contributed by atoms with Crippen molar-refractivity contribution in [2.24, 2.45) is 0 Å². The van der Waals surface area contributed by atoms with E-state index in [0.29, 0.717) is 19.4 Å². The summed E-state index contributed by atoms with van der Waals surface area (Å²) in [5.74, 6) is -0.0492. The van der Waals surface area contributed by atoms with Gasteiger partial charge in [0.15, 0.2) is 0 Å². The van der Waals surface area contributed by atoms with E-state index < -0.39 is 5.60 Å². The Bertz CT molecular complexity index is 521. The van der Waals surface area contributed by atoms with Crippen molar-refractivity contribution < 1.29 is 14.3 Å². The Morgan fingerprint density at radius 1 is 1.23 bits per heavy atom. The van der Waals surface area contributed by atoms with Crippen LogP contribution in [0.25, 0.3) is 0 Å². The van der Waals surface area contributed by atoms with Crippen LogP contribution < -0.4 is 5.32 Å². The van der Waals surface area contributed by atoms with Gasteiger partial charge in [-0.25, -0.2) is 4.79 Å². The van der Waals surface area contributed by atoms with E-state index in [1.165, 1.54) is 4.90 Å². The Morgan fingerprint density at radius 3 is 2.45 bits per heavy atom. The van der Waals surface area contributed by atoms with Crippen molar-refractivity contribution in [3.8, 4) is 0 Å². The monoisotopic (exact) mass is 306 g/mol. The van der Waals surface area contributed by atoms with Crippen LogP contribution in [0.5, 0.6) is 0 Å². The quantitative estimate of drug-likeness (QED) is 0.904. The van der Waals surface area contributed by atoms with Crippen LogP contribution in [0.15, 0.2) is 24.3 Å². The first-order valence-electron chi connectivity index (χ1n) is 7.48. The fraction of sp³-hybridized carbons (Fsp3) is 0.529. The van der Waals surface area contributed by atoms with Gasteiger partial charge in [0.2, 0.25) is 5.91 Å². The molecule has 0 unspecified atom stereocenters. The highest BCUT2D eigenvalue weighted by Crippen LogP contribution is 2.14. The molecule has 0 atom stereocenters. The SMILES string of the molecule is Cc1ccccc1NC(=O)CCCN(C)C(=O)OC(C)(C)C. The molecule has 1 aromatic rings. The van der Waals surface area contributed by atoms with Gasteiger partial charge in [-0.05, 0) is 45.7 Å². The van der Waals surface area contributed by atoms with Crippen molar-refractivity contribution in [3.63, 3.8) is 0 Å². The lowest BCUT2D eigenvalue weighted by atomic mass is 10.2. The molecule has 0 aliphatic heterocycles. The third-order valence-electron chi connectivity index (χ3n) is 3.02. The average Bonchev–Trinajstić information content (AvgIpc) is 2.39. The molecule has 0 aromatic heterocycles. The number of aryl methyl sites for hydroxylation is 1. The second kappa shape index (κ2) is 7.82. The predicted molar refractivity (Wildman–Crippen MR) is 87.9 cm³/mol. The maximum Gasteiger partial charge on any atom is 0.410 e. The summed E-state index contributed by atoms with van der Waals surface area (Å²) in [4.78, 5) is 25.2. The molecule has 5 heteroatoms. The summed E-state index contributed by atoms with van der Waals surface area (Å²) in [6.07, 6.45) is 0.585. The number of hydrogen-bond donors (Lipinski definition) is 1. The minimum Gasteiger partial charge on any atom is -0.444 e. The van der Waals surface area contributed by atoms with Crippen molar-refractivity contribution in [2.45, 2.75) is 46.1 Å². The Hall–Kier alpha value is -2.04. The largest absolute Gasteiger partial charge is 0.444 e. The van der Waals surface area contributed by atoms with E-state index in [1.807, 2.05) is 52.0 Å². The molecular weight excluding hydrogens is 280 g/mol. The Morgan fingerprint density at radius 2 is 1.86 bits per heavy atom. The van der Waals surface area contributed by atoms with Gasteiger partial charge in [0.1, 0.15) is 5.60 Å². The third kappa shape index (κ3) is 6.61. The number of carbonyl (C=O) groups is 2. The number of ether oxygens (including phenoxy) is 1. The standard InChI is InChI=1S/C17H26N2O3/c1-13-9-6-7-10-14(13)18-15(20)11-8-12-19(5)16(21)22-17(2,3)4/h6-7,9-10H,8,11-12H2,1-5H3,(H,18,20). The molecule has 122 valence electrons. The lowest BCUT2D eigenvalue weighted by Gasteiger charge is -2.24. The summed E-state index contributed by atoms with van der Waals surface area (Å²) in [6, 6.07) is 7.64. The van der Waals surface area contributed by atoms with Crippen molar-refractivity contribution in [2.75, 3.05) is 18.9 Å². The van der Waals surface area contributed by atoms with Gasteiger partial charge in [0, 0.05) is 25.7 Å². The summed E-state index contributed by atoms with van der Waals surface area (Å²) in [7, 11) is 1.67. The van der Waals surface area contributed by atoms with Crippen LogP contribution in [0.4, 0.5) is 10.5 Å². The van der Waals surface area contributed by atoms with E-state index in [4.69, 9.17) is 4.74 Å². The average molecular weight is 306 g/mol. The summed E-state index contributed by atoms with van der Waals surface area (Å²) in [6.45, 7) is 7.92. The second-order valence-electron chi connectivity index (χ2n) is 6.37. The Balaban J connectivity index is 2.33. The molecule has 0 saturated heterocycles. The number of rotatable bonds is 5. The Kier molecular flexibility index (Phi) is 6.40. The lowest BCUT2D eigenvalue weighted by Crippen LogP contribution is -2.35. The number of carbonyl (C=O) groups excluding carboxylic acids is 2. The molecule has 22 heavy (non-hydrogen) atoms. The zero-order valence-corrected chi connectivity index (χ0v) is 14.1. The van der Waals surface area contributed by atoms with Crippen molar-refractivity contribution in [1.29, 1.82) is 0 Å². The first-order chi connectivity index (χ1) is 10.2. The topological polar surface area (TPSA) is 58.6 Å². The van der Waals surface area contributed by atoms with Gasteiger partial charge in [-0.3, -0.25) is 4.79 Å². The van der Waals surface area contributed by atoms with Crippen molar-refractivity contribution in [1.82, 2.24) is 4.90 Å². The van der Waals surface area contributed by atoms with Gasteiger partial charge in [-0.15, -0.1) is 0 Å². The van der Waals surface area contributed by atoms with E-state index in [0.717, 1.165) is 11.3 Å². The van der Waals surface area contributed by atoms with E-state index in [-0.39, 0.29) is 12.0 Å². The third-order valence-corrected chi connectivity index (χ3v) is 3.02. The number of nitrogens with zero attached hydrogens (tertiary/aromatic N) is 1. The van der Waals surface area contributed by atoms with Gasteiger partial charge in [-0.1, -0.05) is 18.2 Å². The maximum absolute atomic E-state index is 11.9. The van der Waals surface area contributed by atoms with Crippen LogP contribution in [-0.4, -0.2) is 36.1 Å². The molecule has 0 heterocycles. The molecular formula is C17H26N2O3. The molecule has 1 N–H and O–H groups in total. The molecule has 0 radical (unpaired) electrons. The van der Waals surface area contributed by atoms with Gasteiger partial charge >= 0.3 is 6.09 Å². The van der Waals surface area contributed by atoms with E-state index in [9.17, 15) is 9.59 Å². The van der Waals surface area contributed by atoms with Crippen LogP contribution in [0.3, 0.4) is 0 Å². The van der Waals surface area contributed by atoms with Crippen LogP contribution in [0, 0.1) is 6.92 Å². The van der Waals surface area contributed by atoms with Gasteiger partial charge < -0.3 is 15.0 Å². The van der Waals surface area contributed by atoms with E-state index >= 15 is 0 Å². The molecule has 0 fully saturated rings. The highest BCUT2D eigenvalue weighted by atomic mass is 16.6. The minimum atomic E-state index is -0.506. The summed E-state index contributed by atoms with van der Waals surface area (Å²) in [5, 5.41) is 2.88. The molecule has 0 bridgehead atoms. The fourth-order valence-corrected chi connectivity index (χ4v) is 1.83. The highest BCUT2D eigenvalue weighted by Gasteiger charge is 2.19. The summed E-state index contributed by atoms with van der Waals surface area (Å²) < 4.78 is 5.25. The van der Waals surface area contributed by atoms with E-state index in [2.05, 4.69) is 5.32 Å². The number of benzene rings is 1. The maximum atomic E-state index is 11.9. The fourth-order valence-electron chi connectivity index (χ4n) is 1.83. The number of nitrogens with one attached hydrogen (secondary N) is 1. The van der Waals surface area contributed by atoms with Crippen LogP contribution in [-0.2, 0) is 9.53 Å². The van der Waals surface area contributed by atoms with E-state index in [1.54, 1.807) is 7.05 Å². The molecule has 0 spiro atoms. The molecule has 1 aromatic carbocycles. The first kappa shape index (κ1) is 18.0. The summed E-state index contributed by atoms with van der Waals surface area (Å²) in [5.41, 5.74) is 1.35. The number of hydrogen-bond acceptors (Lipinski definition) is 3.